The van der Waals surface area contributed by atoms with Crippen LogP contribution in [0.5, 0.6) is 5.75 Å². The highest BCUT2D eigenvalue weighted by Crippen LogP contribution is 2.35. The first-order valence-electron chi connectivity index (χ1n) is 7.02. The Bertz CT molecular complexity index is 972. The van der Waals surface area contributed by atoms with Crippen LogP contribution in [0.4, 0.5) is 11.5 Å². The van der Waals surface area contributed by atoms with Gasteiger partial charge in [-0.1, -0.05) is 21.1 Å². The van der Waals surface area contributed by atoms with Gasteiger partial charge in [0, 0.05) is 10.5 Å². The number of anilines is 1. The summed E-state index contributed by atoms with van der Waals surface area (Å²) in [6, 6.07) is 6.63. The number of hydrogen-bond acceptors (Lipinski definition) is 7. The molecule has 3 aromatic rings. The first-order chi connectivity index (χ1) is 11.9. The van der Waals surface area contributed by atoms with Gasteiger partial charge >= 0.3 is 5.69 Å². The summed E-state index contributed by atoms with van der Waals surface area (Å²) in [5.74, 6) is 0.227. The maximum Gasteiger partial charge on any atom is 0.329 e. The molecule has 1 N–H and O–H groups in total. The number of benzene rings is 1. The lowest BCUT2D eigenvalue weighted by atomic mass is 10.2. The largest absolute Gasteiger partial charge is 0.476 e. The average Bonchev–Trinajstić information content (AvgIpc) is 2.97. The zero-order valence-corrected chi connectivity index (χ0v) is 14.4. The molecule has 10 heteroatoms. The minimum atomic E-state index is -0.610. The highest BCUT2D eigenvalue weighted by molar-refractivity contribution is 9.10. The topological polar surface area (TPSA) is 120 Å². The summed E-state index contributed by atoms with van der Waals surface area (Å²) < 4.78 is 11.0. The lowest BCUT2D eigenvalue weighted by Crippen LogP contribution is -2.20. The number of hydrogen-bond donors (Lipinski definition) is 1. The molecule has 2 aromatic heterocycles. The fourth-order valence-corrected chi connectivity index (χ4v) is 2.51. The second-order valence-corrected chi connectivity index (χ2v) is 5.97. The zero-order chi connectivity index (χ0) is 18.0. The molecule has 0 atom stereocenters. The molecule has 0 radical (unpaired) electrons. The third-order valence-corrected chi connectivity index (χ3v) is 3.69. The Morgan fingerprint density at radius 2 is 2.24 bits per heavy atom. The number of rotatable bonds is 5. The van der Waals surface area contributed by atoms with Gasteiger partial charge in [-0.15, -0.1) is 0 Å². The number of fused-ring (bicyclic) bond motifs is 1. The number of aryl methyl sites for hydroxylation is 1. The lowest BCUT2D eigenvalue weighted by Gasteiger charge is -2.09. The van der Waals surface area contributed by atoms with Crippen LogP contribution >= 0.6 is 15.9 Å². The van der Waals surface area contributed by atoms with E-state index in [0.717, 1.165) is 6.20 Å². The van der Waals surface area contributed by atoms with Crippen LogP contribution in [0.2, 0.25) is 0 Å². The fourth-order valence-electron chi connectivity index (χ4n) is 2.15. The third kappa shape index (κ3) is 3.74. The van der Waals surface area contributed by atoms with Crippen molar-refractivity contribution in [3.63, 3.8) is 0 Å². The first kappa shape index (κ1) is 16.8. The molecule has 9 nitrogen and oxygen atoms in total. The molecule has 128 valence electrons. The van der Waals surface area contributed by atoms with E-state index in [9.17, 15) is 14.9 Å². The third-order valence-electron chi connectivity index (χ3n) is 3.20. The number of amides is 1. The van der Waals surface area contributed by atoms with Gasteiger partial charge in [0.25, 0.3) is 5.91 Å². The predicted molar refractivity (Wildman–Crippen MR) is 91.5 cm³/mol. The molecular formula is C15H11BrN4O5. The number of ether oxygens (including phenoxy) is 1. The van der Waals surface area contributed by atoms with E-state index in [1.807, 2.05) is 0 Å². The summed E-state index contributed by atoms with van der Waals surface area (Å²) in [5.41, 5.74) is 0.187. The highest BCUT2D eigenvalue weighted by Gasteiger charge is 2.21. The summed E-state index contributed by atoms with van der Waals surface area (Å²) >= 11 is 3.30. The first-order valence-corrected chi connectivity index (χ1v) is 7.82. The van der Waals surface area contributed by atoms with Gasteiger partial charge in [-0.25, -0.2) is 4.98 Å². The molecule has 0 saturated carbocycles. The van der Waals surface area contributed by atoms with Crippen LogP contribution in [0.15, 0.2) is 39.5 Å². The molecule has 0 bridgehead atoms. The van der Waals surface area contributed by atoms with Crippen molar-refractivity contribution in [1.82, 2.24) is 10.1 Å². The standard InChI is InChI=1S/C15H11BrN4O5/c1-8-4-13(19-25-8)18-14(21)7-24-15-10-5-9(16)2-3-11(10)17-6-12(15)20(22)23/h2-6H,7H2,1H3,(H,18,19,21). The molecule has 0 fully saturated rings. The molecule has 0 aliphatic rings. The number of carbonyl (C=O) groups excluding carboxylic acids is 1. The summed E-state index contributed by atoms with van der Waals surface area (Å²) in [6.45, 7) is 1.25. The van der Waals surface area contributed by atoms with Crippen LogP contribution in [0.1, 0.15) is 5.76 Å². The maximum absolute atomic E-state index is 12.0. The number of pyridine rings is 1. The van der Waals surface area contributed by atoms with Crippen LogP contribution < -0.4 is 10.1 Å². The lowest BCUT2D eigenvalue weighted by molar-refractivity contribution is -0.386. The second-order valence-electron chi connectivity index (χ2n) is 5.05. The highest BCUT2D eigenvalue weighted by atomic mass is 79.9. The second kappa shape index (κ2) is 6.85. The number of nitrogens with one attached hydrogen (secondary N) is 1. The Morgan fingerprint density at radius 1 is 1.44 bits per heavy atom. The maximum atomic E-state index is 12.0. The van der Waals surface area contributed by atoms with E-state index in [4.69, 9.17) is 9.26 Å². The van der Waals surface area contributed by atoms with Crippen LogP contribution in [0, 0.1) is 17.0 Å². The normalized spacial score (nSPS) is 10.6. The van der Waals surface area contributed by atoms with Crippen molar-refractivity contribution >= 4 is 44.2 Å². The van der Waals surface area contributed by atoms with E-state index >= 15 is 0 Å². The molecular weight excluding hydrogens is 396 g/mol. The molecule has 1 amide bonds. The molecule has 3 rings (SSSR count). The summed E-state index contributed by atoms with van der Waals surface area (Å²) in [4.78, 5) is 26.6. The van der Waals surface area contributed by atoms with Gasteiger partial charge in [0.1, 0.15) is 12.0 Å². The van der Waals surface area contributed by atoms with Crippen molar-refractivity contribution in [2.45, 2.75) is 6.92 Å². The quantitative estimate of drug-likeness (QED) is 0.509. The molecule has 0 spiro atoms. The van der Waals surface area contributed by atoms with Gasteiger partial charge in [0.15, 0.2) is 12.4 Å². The molecule has 0 aliphatic carbocycles. The van der Waals surface area contributed by atoms with E-state index < -0.39 is 17.4 Å². The summed E-state index contributed by atoms with van der Waals surface area (Å²) in [5, 5.41) is 17.8. The number of aromatic nitrogens is 2. The van der Waals surface area contributed by atoms with E-state index in [1.165, 1.54) is 0 Å². The molecule has 2 heterocycles. The molecule has 0 unspecified atom stereocenters. The average molecular weight is 407 g/mol. The molecule has 0 aliphatic heterocycles. The van der Waals surface area contributed by atoms with Crippen molar-refractivity contribution in [2.24, 2.45) is 0 Å². The monoisotopic (exact) mass is 406 g/mol. The van der Waals surface area contributed by atoms with Crippen molar-refractivity contribution in [1.29, 1.82) is 0 Å². The smallest absolute Gasteiger partial charge is 0.329 e. The molecule has 0 saturated heterocycles. The number of carbonyl (C=O) groups is 1. The van der Waals surface area contributed by atoms with Gasteiger partial charge < -0.3 is 14.6 Å². The van der Waals surface area contributed by atoms with Gasteiger partial charge in [-0.2, -0.15) is 0 Å². The van der Waals surface area contributed by atoms with Gasteiger partial charge in [0.2, 0.25) is 5.75 Å². The minimum absolute atomic E-state index is 0.0252. The van der Waals surface area contributed by atoms with Crippen molar-refractivity contribution < 1.29 is 19.0 Å². The van der Waals surface area contributed by atoms with E-state index in [1.54, 1.807) is 31.2 Å². The van der Waals surface area contributed by atoms with Crippen LogP contribution in [0.3, 0.4) is 0 Å². The van der Waals surface area contributed by atoms with Crippen molar-refractivity contribution in [2.75, 3.05) is 11.9 Å². The SMILES string of the molecule is Cc1cc(NC(=O)COc2c([N+](=O)[O-])cnc3ccc(Br)cc23)no1. The number of nitrogens with zero attached hydrogens (tertiary/aromatic N) is 3. The Labute approximate surface area is 149 Å². The molecule has 25 heavy (non-hydrogen) atoms. The summed E-state index contributed by atoms with van der Waals surface area (Å²) in [6.07, 6.45) is 1.10. The predicted octanol–water partition coefficient (Wildman–Crippen LogP) is 3.22. The van der Waals surface area contributed by atoms with Crippen LogP contribution in [-0.2, 0) is 4.79 Å². The van der Waals surface area contributed by atoms with Crippen molar-refractivity contribution in [3.05, 3.63) is 50.8 Å². The van der Waals surface area contributed by atoms with Crippen LogP contribution in [0.25, 0.3) is 10.9 Å². The van der Waals surface area contributed by atoms with Crippen LogP contribution in [-0.4, -0.2) is 27.6 Å². The Kier molecular flexibility index (Phi) is 4.61. The van der Waals surface area contributed by atoms with Gasteiger partial charge in [0.05, 0.1) is 15.8 Å². The zero-order valence-electron chi connectivity index (χ0n) is 12.9. The fraction of sp³-hybridized carbons (Fsp3) is 0.133. The van der Waals surface area contributed by atoms with E-state index in [0.29, 0.717) is 21.1 Å². The molecule has 1 aromatic carbocycles. The Morgan fingerprint density at radius 3 is 2.92 bits per heavy atom. The Balaban J connectivity index is 1.86. The Hall–Kier alpha value is -3.01. The van der Waals surface area contributed by atoms with Crippen molar-refractivity contribution in [3.8, 4) is 5.75 Å². The van der Waals surface area contributed by atoms with Gasteiger partial charge in [-0.05, 0) is 25.1 Å². The number of nitro groups is 1. The number of halogens is 1. The summed E-state index contributed by atoms with van der Waals surface area (Å²) in [7, 11) is 0. The minimum Gasteiger partial charge on any atom is -0.476 e. The van der Waals surface area contributed by atoms with E-state index in [2.05, 4.69) is 31.4 Å². The van der Waals surface area contributed by atoms with E-state index in [-0.39, 0.29) is 17.3 Å². The van der Waals surface area contributed by atoms with Gasteiger partial charge in [-0.3, -0.25) is 14.9 Å².